The number of piperidine rings is 3. The number of quaternary nitrogens is 1. The van der Waals surface area contributed by atoms with Crippen LogP contribution >= 0.6 is 11.6 Å². The molecule has 9 heteroatoms. The molecule has 3 aliphatic heterocycles. The summed E-state index contributed by atoms with van der Waals surface area (Å²) in [6.07, 6.45) is 5.75. The van der Waals surface area contributed by atoms with Gasteiger partial charge >= 0.3 is 0 Å². The lowest BCUT2D eigenvalue weighted by Crippen LogP contribution is -3.00. The van der Waals surface area contributed by atoms with Gasteiger partial charge in [0.2, 0.25) is 5.88 Å². The van der Waals surface area contributed by atoms with Gasteiger partial charge in [-0.25, -0.2) is 4.98 Å². The van der Waals surface area contributed by atoms with Crippen LogP contribution in [0.15, 0.2) is 177 Å². The zero-order valence-corrected chi connectivity index (χ0v) is 38.8. The van der Waals surface area contributed by atoms with E-state index in [4.69, 9.17) is 40.8 Å². The van der Waals surface area contributed by atoms with Crippen LogP contribution in [0.3, 0.4) is 0 Å². The fraction of sp³-hybridized carbons (Fsp3) is 0.196. The predicted octanol–water partition coefficient (Wildman–Crippen LogP) is 10.1. The summed E-state index contributed by atoms with van der Waals surface area (Å²) >= 11 is 7.26. The lowest BCUT2D eigenvalue weighted by molar-refractivity contribution is -0.984. The summed E-state index contributed by atoms with van der Waals surface area (Å²) in [5.41, 5.74) is 10.2. The van der Waals surface area contributed by atoms with Crippen LogP contribution in [0.1, 0.15) is 30.1 Å². The van der Waals surface area contributed by atoms with Crippen molar-refractivity contribution in [3.8, 4) is 62.1 Å². The Morgan fingerprint density at radius 1 is 0.708 bits per heavy atom. The maximum absolute atomic E-state index is 7.66. The van der Waals surface area contributed by atoms with Gasteiger partial charge in [-0.15, -0.1) is 6.58 Å². The highest BCUT2D eigenvalue weighted by molar-refractivity contribution is 6.32. The third-order valence-electron chi connectivity index (χ3n) is 13.5. The number of aromatic nitrogens is 3. The fourth-order valence-electron chi connectivity index (χ4n) is 10.3. The minimum Gasteiger partial charge on any atom is -1.00 e. The third kappa shape index (κ3) is 8.78. The Kier molecular flexibility index (Phi) is 12.9. The highest BCUT2D eigenvalue weighted by atomic mass is 79.9. The SMILES string of the molecule is C=C[C@H]1C[N@+]2(Cc3cc(-c4ccc(OC)cc4)cc(-c4ccc(OC)cc4)c3)CC[C@H]1C[C@@H]2[C@@H](Oc1nc(-c2ccccc2)nc(Cl)c1-c1ccccc1)c1ccnc2ccccc12.[Br-]. The summed E-state index contributed by atoms with van der Waals surface area (Å²) in [7, 11) is 3.41. The van der Waals surface area contributed by atoms with Crippen LogP contribution in [-0.4, -0.2) is 52.8 Å². The largest absolute Gasteiger partial charge is 1.00 e. The molecule has 6 aromatic carbocycles. The van der Waals surface area contributed by atoms with Crippen molar-refractivity contribution >= 4 is 22.5 Å². The van der Waals surface area contributed by atoms with Crippen molar-refractivity contribution in [2.24, 2.45) is 11.8 Å². The molecule has 326 valence electrons. The molecule has 0 unspecified atom stereocenters. The Labute approximate surface area is 396 Å². The topological polar surface area (TPSA) is 66.4 Å². The fourth-order valence-corrected chi connectivity index (χ4v) is 10.6. The molecule has 5 atom stereocenters. The van der Waals surface area contributed by atoms with Gasteiger partial charge in [-0.1, -0.05) is 121 Å². The van der Waals surface area contributed by atoms with Gasteiger partial charge in [-0.2, -0.15) is 4.98 Å². The molecule has 11 rings (SSSR count). The predicted molar refractivity (Wildman–Crippen MR) is 257 cm³/mol. The van der Waals surface area contributed by atoms with Crippen LogP contribution in [-0.2, 0) is 6.54 Å². The molecular formula is C56H50BrClN4O3. The molecule has 5 heterocycles. The number of ether oxygens (including phenoxy) is 3. The number of halogens is 2. The van der Waals surface area contributed by atoms with Crippen LogP contribution in [0.2, 0.25) is 5.15 Å². The van der Waals surface area contributed by atoms with Gasteiger partial charge in [0.15, 0.2) is 11.9 Å². The van der Waals surface area contributed by atoms with Crippen molar-refractivity contribution in [3.05, 3.63) is 193 Å². The molecule has 3 saturated heterocycles. The third-order valence-corrected chi connectivity index (χ3v) is 13.8. The van der Waals surface area contributed by atoms with Crippen molar-refractivity contribution in [3.63, 3.8) is 0 Å². The summed E-state index contributed by atoms with van der Waals surface area (Å²) in [4.78, 5) is 15.0. The standard InChI is InChI=1S/C56H50ClN4O3.BrH/c1-4-38-36-61(35-37-31-44(39-19-23-46(62-2)24-20-39)33-45(32-37)40-21-25-47(63-3)26-22-40)30-28-43(38)34-51(61)53(49-27-29-58-50-18-12-11-17-48(49)50)64-56-52(41-13-7-5-8-14-41)54(57)59-55(60-56)42-15-9-6-10-16-42;/h4-27,29,31-33,38,43,51,53H,1,28,30,34-36H2,2-3H3;1H/q+1;/p-1/t38-,43-,51+,53-,61+;/m0./s1. The van der Waals surface area contributed by atoms with E-state index in [0.29, 0.717) is 34.3 Å². The highest BCUT2D eigenvalue weighted by Gasteiger charge is 2.55. The molecule has 0 spiro atoms. The van der Waals surface area contributed by atoms with E-state index in [-0.39, 0.29) is 23.0 Å². The molecule has 0 aliphatic carbocycles. The van der Waals surface area contributed by atoms with Gasteiger partial charge in [-0.3, -0.25) is 4.98 Å². The molecule has 2 bridgehead atoms. The summed E-state index contributed by atoms with van der Waals surface area (Å²) < 4.78 is 19.6. The van der Waals surface area contributed by atoms with E-state index in [1.54, 1.807) is 14.2 Å². The van der Waals surface area contributed by atoms with Crippen LogP contribution < -0.4 is 31.2 Å². The molecule has 7 nitrogen and oxygen atoms in total. The van der Waals surface area contributed by atoms with E-state index in [2.05, 4.69) is 79.4 Å². The van der Waals surface area contributed by atoms with Gasteiger partial charge in [-0.05, 0) is 88.3 Å². The molecule has 8 aromatic rings. The summed E-state index contributed by atoms with van der Waals surface area (Å²) in [6, 6.07) is 54.4. The highest BCUT2D eigenvalue weighted by Crippen LogP contribution is 2.50. The summed E-state index contributed by atoms with van der Waals surface area (Å²) in [5, 5.41) is 1.40. The molecule has 0 saturated carbocycles. The number of benzene rings is 6. The van der Waals surface area contributed by atoms with Crippen molar-refractivity contribution in [1.29, 1.82) is 0 Å². The molecule has 0 N–H and O–H groups in total. The van der Waals surface area contributed by atoms with Crippen LogP contribution in [0.25, 0.3) is 55.7 Å². The molecule has 3 fully saturated rings. The molecule has 3 aliphatic rings. The van der Waals surface area contributed by atoms with E-state index >= 15 is 0 Å². The van der Waals surface area contributed by atoms with Gasteiger partial charge < -0.3 is 35.7 Å². The number of methoxy groups -OCH3 is 2. The maximum Gasteiger partial charge on any atom is 0.227 e. The molecule has 0 radical (unpaired) electrons. The average Bonchev–Trinajstić information content (AvgIpc) is 3.35. The number of rotatable bonds is 13. The van der Waals surface area contributed by atoms with Crippen LogP contribution in [0.4, 0.5) is 0 Å². The Hall–Kier alpha value is -6.32. The minimum absolute atomic E-state index is 0. The van der Waals surface area contributed by atoms with Gasteiger partial charge in [0.1, 0.15) is 29.2 Å². The van der Waals surface area contributed by atoms with Crippen molar-refractivity contribution < 1.29 is 35.7 Å². The van der Waals surface area contributed by atoms with E-state index in [9.17, 15) is 0 Å². The lowest BCUT2D eigenvalue weighted by atomic mass is 9.71. The normalized spacial score (nSPS) is 19.2. The number of pyridine rings is 1. The Morgan fingerprint density at radius 3 is 1.95 bits per heavy atom. The molecule has 65 heavy (non-hydrogen) atoms. The van der Waals surface area contributed by atoms with Crippen molar-refractivity contribution in [2.75, 3.05) is 27.3 Å². The first-order valence-corrected chi connectivity index (χ1v) is 22.4. The van der Waals surface area contributed by atoms with Gasteiger partial charge in [0, 0.05) is 47.0 Å². The second-order valence-electron chi connectivity index (χ2n) is 17.1. The van der Waals surface area contributed by atoms with Gasteiger partial charge in [0.25, 0.3) is 0 Å². The molecule has 2 aromatic heterocycles. The van der Waals surface area contributed by atoms with E-state index in [1.165, 1.54) is 5.56 Å². The summed E-state index contributed by atoms with van der Waals surface area (Å²) in [5.74, 6) is 3.46. The van der Waals surface area contributed by atoms with Crippen LogP contribution in [0.5, 0.6) is 17.4 Å². The van der Waals surface area contributed by atoms with Crippen molar-refractivity contribution in [1.82, 2.24) is 15.0 Å². The Morgan fingerprint density at radius 2 is 1.32 bits per heavy atom. The molecule has 0 amide bonds. The smallest absolute Gasteiger partial charge is 0.227 e. The molecular weight excluding hydrogens is 892 g/mol. The number of fused-ring (bicyclic) bond motifs is 4. The quantitative estimate of drug-likeness (QED) is 0.0652. The zero-order valence-electron chi connectivity index (χ0n) is 36.5. The zero-order chi connectivity index (χ0) is 43.6. The monoisotopic (exact) mass is 940 g/mol. The Bertz CT molecular complexity index is 2860. The second kappa shape index (κ2) is 19.0. The van der Waals surface area contributed by atoms with Gasteiger partial charge in [0.05, 0.1) is 38.4 Å². The number of hydrogen-bond donors (Lipinski definition) is 0. The van der Waals surface area contributed by atoms with Crippen molar-refractivity contribution in [2.45, 2.75) is 31.5 Å². The van der Waals surface area contributed by atoms with Crippen LogP contribution in [0, 0.1) is 11.8 Å². The number of hydrogen-bond acceptors (Lipinski definition) is 6. The minimum atomic E-state index is -0.427. The Balaban J connectivity index is 0.00000533. The first-order chi connectivity index (χ1) is 31.4. The average molecular weight is 942 g/mol. The number of nitrogens with zero attached hydrogens (tertiary/aromatic N) is 4. The maximum atomic E-state index is 7.66. The van der Waals surface area contributed by atoms with E-state index in [1.807, 2.05) is 97.2 Å². The van der Waals surface area contributed by atoms with E-state index < -0.39 is 6.10 Å². The number of para-hydroxylation sites is 1. The first kappa shape index (κ1) is 43.9. The lowest BCUT2D eigenvalue weighted by Gasteiger charge is -2.58. The van der Waals surface area contributed by atoms with E-state index in [0.717, 1.165) is 98.3 Å². The summed E-state index contributed by atoms with van der Waals surface area (Å²) in [6.45, 7) is 7.14. The second-order valence-corrected chi connectivity index (χ2v) is 17.5. The first-order valence-electron chi connectivity index (χ1n) is 22.0.